The molecule has 0 atom stereocenters. The van der Waals surface area contributed by atoms with E-state index in [-0.39, 0.29) is 10.3 Å². The highest BCUT2D eigenvalue weighted by Gasteiger charge is 2.10. The Balaban J connectivity index is 2.73. The van der Waals surface area contributed by atoms with E-state index >= 15 is 0 Å². The van der Waals surface area contributed by atoms with Crippen molar-refractivity contribution in [3.63, 3.8) is 0 Å². The highest BCUT2D eigenvalue weighted by molar-refractivity contribution is 7.99. The first kappa shape index (κ1) is 8.80. The van der Waals surface area contributed by atoms with Crippen molar-refractivity contribution in [1.29, 1.82) is 0 Å². The smallest absolute Gasteiger partial charge is 0.291 e. The van der Waals surface area contributed by atoms with Gasteiger partial charge in [0.1, 0.15) is 0 Å². The predicted molar refractivity (Wildman–Crippen MR) is 40.2 cm³/mol. The second-order valence-electron chi connectivity index (χ2n) is 1.84. The number of hydrogen-bond acceptors (Lipinski definition) is 2. The van der Waals surface area contributed by atoms with Crippen LogP contribution in [-0.2, 0) is 0 Å². The lowest BCUT2D eigenvalue weighted by Gasteiger charge is -1.91. The minimum Gasteiger partial charge on any atom is -0.336 e. The van der Waals surface area contributed by atoms with Crippen LogP contribution in [0.2, 0.25) is 5.15 Å². The molecule has 0 unspecified atom stereocenters. The van der Waals surface area contributed by atoms with E-state index in [0.29, 0.717) is 17.5 Å². The Morgan fingerprint density at radius 1 is 1.64 bits per heavy atom. The summed E-state index contributed by atoms with van der Waals surface area (Å²) in [4.78, 5) is 6.26. The van der Waals surface area contributed by atoms with Crippen LogP contribution in [0.1, 0.15) is 5.69 Å². The Kier molecular flexibility index (Phi) is 2.72. The van der Waals surface area contributed by atoms with Gasteiger partial charge in [-0.1, -0.05) is 11.6 Å². The molecule has 0 saturated carbocycles. The zero-order valence-electron chi connectivity index (χ0n) is 5.57. The Labute approximate surface area is 71.3 Å². The van der Waals surface area contributed by atoms with Gasteiger partial charge in [-0.3, -0.25) is 0 Å². The summed E-state index contributed by atoms with van der Waals surface area (Å²) in [6, 6.07) is 0. The van der Waals surface area contributed by atoms with Crippen LogP contribution in [0.5, 0.6) is 0 Å². The number of rotatable bonds is 2. The van der Waals surface area contributed by atoms with Crippen molar-refractivity contribution in [1.82, 2.24) is 9.97 Å². The third-order valence-electron chi connectivity index (χ3n) is 1.00. The molecule has 1 aromatic rings. The molecule has 0 saturated heterocycles. The normalized spacial score (nSPS) is 11.0. The summed E-state index contributed by atoms with van der Waals surface area (Å²) in [6.07, 6.45) is 0. The molecular formula is C5H5ClF2N2S. The first-order chi connectivity index (χ1) is 5.09. The van der Waals surface area contributed by atoms with Crippen molar-refractivity contribution in [2.75, 3.05) is 0 Å². The minimum atomic E-state index is -2.46. The van der Waals surface area contributed by atoms with Crippen LogP contribution in [0, 0.1) is 6.92 Å². The fourth-order valence-electron chi connectivity index (χ4n) is 0.553. The first-order valence-electron chi connectivity index (χ1n) is 2.76. The van der Waals surface area contributed by atoms with Crippen molar-refractivity contribution in [3.05, 3.63) is 10.8 Å². The van der Waals surface area contributed by atoms with E-state index in [9.17, 15) is 8.78 Å². The summed E-state index contributed by atoms with van der Waals surface area (Å²) in [5.41, 5.74) is 0.606. The van der Waals surface area contributed by atoms with Crippen LogP contribution in [0.4, 0.5) is 8.78 Å². The van der Waals surface area contributed by atoms with E-state index in [1.165, 1.54) is 0 Å². The molecule has 2 nitrogen and oxygen atoms in total. The number of aromatic amines is 1. The van der Waals surface area contributed by atoms with Gasteiger partial charge in [-0.2, -0.15) is 8.78 Å². The molecule has 11 heavy (non-hydrogen) atoms. The van der Waals surface area contributed by atoms with Crippen molar-refractivity contribution >= 4 is 23.4 Å². The van der Waals surface area contributed by atoms with Gasteiger partial charge in [0, 0.05) is 0 Å². The van der Waals surface area contributed by atoms with Crippen molar-refractivity contribution in [2.45, 2.75) is 17.8 Å². The van der Waals surface area contributed by atoms with Crippen molar-refractivity contribution < 1.29 is 8.78 Å². The van der Waals surface area contributed by atoms with Crippen LogP contribution in [0.15, 0.2) is 5.16 Å². The summed E-state index contributed by atoms with van der Waals surface area (Å²) in [5, 5.41) is 0.399. The quantitative estimate of drug-likeness (QED) is 0.741. The van der Waals surface area contributed by atoms with Gasteiger partial charge in [0.2, 0.25) is 0 Å². The monoisotopic (exact) mass is 198 g/mol. The third-order valence-corrected chi connectivity index (χ3v) is 1.97. The molecule has 0 radical (unpaired) electrons. The molecule has 0 spiro atoms. The number of nitrogens with zero attached hydrogens (tertiary/aromatic N) is 1. The van der Waals surface area contributed by atoms with Crippen LogP contribution < -0.4 is 0 Å². The number of halogens is 3. The Bertz CT molecular complexity index is 231. The number of nitrogens with one attached hydrogen (secondary N) is 1. The van der Waals surface area contributed by atoms with Gasteiger partial charge in [0.25, 0.3) is 5.76 Å². The van der Waals surface area contributed by atoms with Crippen LogP contribution in [0.3, 0.4) is 0 Å². The second kappa shape index (κ2) is 3.40. The first-order valence-corrected chi connectivity index (χ1v) is 4.02. The Hall–Kier alpha value is -0.290. The molecule has 1 N–H and O–H groups in total. The lowest BCUT2D eigenvalue weighted by Crippen LogP contribution is -1.82. The molecule has 0 aliphatic rings. The predicted octanol–water partition coefficient (Wildman–Crippen LogP) is 2.69. The number of alkyl halides is 2. The van der Waals surface area contributed by atoms with E-state index in [1.54, 1.807) is 6.92 Å². The van der Waals surface area contributed by atoms with E-state index in [1.807, 2.05) is 0 Å². The maximum Gasteiger partial charge on any atom is 0.291 e. The van der Waals surface area contributed by atoms with Crippen LogP contribution >= 0.6 is 23.4 Å². The maximum absolute atomic E-state index is 11.7. The Morgan fingerprint density at radius 3 is 2.64 bits per heavy atom. The minimum absolute atomic E-state index is 0.155. The molecule has 0 aliphatic heterocycles. The molecule has 6 heteroatoms. The molecular weight excluding hydrogens is 194 g/mol. The van der Waals surface area contributed by atoms with E-state index in [0.717, 1.165) is 0 Å². The van der Waals surface area contributed by atoms with Gasteiger partial charge in [0.05, 0.1) is 5.69 Å². The second-order valence-corrected chi connectivity index (χ2v) is 3.17. The number of thioether (sulfide) groups is 1. The average molecular weight is 199 g/mol. The van der Waals surface area contributed by atoms with Crippen molar-refractivity contribution in [3.8, 4) is 0 Å². The molecule has 0 bridgehead atoms. The summed E-state index contributed by atoms with van der Waals surface area (Å²) in [7, 11) is 0. The summed E-state index contributed by atoms with van der Waals surface area (Å²) < 4.78 is 23.4. The molecule has 1 heterocycles. The van der Waals surface area contributed by atoms with Gasteiger partial charge < -0.3 is 4.98 Å². The standard InChI is InChI=1S/C5H5ClF2N2S/c1-2-3(6)10-5(9-2)11-4(7)8/h4H,1H3,(H,9,10). The van der Waals surface area contributed by atoms with Gasteiger partial charge in [-0.15, -0.1) is 0 Å². The van der Waals surface area contributed by atoms with Crippen LogP contribution in [-0.4, -0.2) is 15.7 Å². The van der Waals surface area contributed by atoms with Crippen LogP contribution in [0.25, 0.3) is 0 Å². The highest BCUT2D eigenvalue weighted by Crippen LogP contribution is 2.24. The van der Waals surface area contributed by atoms with Gasteiger partial charge in [0.15, 0.2) is 10.3 Å². The maximum atomic E-state index is 11.7. The zero-order valence-corrected chi connectivity index (χ0v) is 7.14. The number of H-pyrrole nitrogens is 1. The average Bonchev–Trinajstić information content (AvgIpc) is 2.10. The molecule has 1 rings (SSSR count). The summed E-state index contributed by atoms with van der Waals surface area (Å²) in [5.74, 6) is -2.46. The largest absolute Gasteiger partial charge is 0.336 e. The topological polar surface area (TPSA) is 28.7 Å². The lowest BCUT2D eigenvalue weighted by atomic mass is 10.6. The van der Waals surface area contributed by atoms with Gasteiger partial charge >= 0.3 is 0 Å². The third kappa shape index (κ3) is 2.34. The molecule has 62 valence electrons. The number of aryl methyl sites for hydroxylation is 1. The molecule has 1 aromatic heterocycles. The lowest BCUT2D eigenvalue weighted by molar-refractivity contribution is 0.251. The molecule has 0 fully saturated rings. The molecule has 0 aliphatic carbocycles. The Morgan fingerprint density at radius 2 is 2.27 bits per heavy atom. The fourth-order valence-corrected chi connectivity index (χ4v) is 1.26. The number of imidazole rings is 1. The fraction of sp³-hybridized carbons (Fsp3) is 0.400. The SMILES string of the molecule is Cc1[nH]c(SC(F)F)nc1Cl. The number of hydrogen-bond donors (Lipinski definition) is 1. The zero-order chi connectivity index (χ0) is 8.43. The van der Waals surface area contributed by atoms with Gasteiger partial charge in [-0.25, -0.2) is 4.98 Å². The number of aromatic nitrogens is 2. The van der Waals surface area contributed by atoms with E-state index < -0.39 is 5.76 Å². The van der Waals surface area contributed by atoms with Crippen molar-refractivity contribution in [2.24, 2.45) is 0 Å². The summed E-state index contributed by atoms with van der Waals surface area (Å²) >= 11 is 5.86. The van der Waals surface area contributed by atoms with E-state index in [2.05, 4.69) is 9.97 Å². The van der Waals surface area contributed by atoms with Gasteiger partial charge in [-0.05, 0) is 18.7 Å². The molecule has 0 amide bonds. The summed E-state index contributed by atoms with van der Waals surface area (Å²) in [6.45, 7) is 1.67. The van der Waals surface area contributed by atoms with E-state index in [4.69, 9.17) is 11.6 Å². The molecule has 0 aromatic carbocycles. The highest BCUT2D eigenvalue weighted by atomic mass is 35.5.